The molecule has 0 bridgehead atoms. The molecule has 3 heteroatoms. The minimum atomic E-state index is -0.158. The number of aliphatic hydroxyl groups is 1. The van der Waals surface area contributed by atoms with Gasteiger partial charge in [0.05, 0.1) is 6.10 Å². The van der Waals surface area contributed by atoms with Crippen LogP contribution in [0.5, 0.6) is 0 Å². The van der Waals surface area contributed by atoms with Crippen LogP contribution in [0.3, 0.4) is 0 Å². The minimum absolute atomic E-state index is 0.158. The summed E-state index contributed by atoms with van der Waals surface area (Å²) in [5, 5.41) is 10.2. The quantitative estimate of drug-likeness (QED) is 0.835. The first-order valence-electron chi connectivity index (χ1n) is 5.30. The lowest BCUT2D eigenvalue weighted by Gasteiger charge is -2.16. The molecule has 1 heterocycles. The molecule has 0 aromatic heterocycles. The largest absolute Gasteiger partial charge is 0.392 e. The standard InChI is InChI=1S/C12H16ClNO/c1-9-2-3-10(12(13)6-9)7-14-5-4-11(15)8-14/h2-3,6,11,15H,4-5,7-8H2,1H3/t11-/m1/s1. The van der Waals surface area contributed by atoms with E-state index in [9.17, 15) is 5.11 Å². The first-order valence-corrected chi connectivity index (χ1v) is 5.68. The molecule has 0 aliphatic carbocycles. The lowest BCUT2D eigenvalue weighted by atomic mass is 10.1. The Morgan fingerprint density at radius 3 is 2.93 bits per heavy atom. The number of β-amino-alcohol motifs (C(OH)–C–C–N with tert-alkyl or cyclic N) is 1. The van der Waals surface area contributed by atoms with Gasteiger partial charge in [0.15, 0.2) is 0 Å². The fraction of sp³-hybridized carbons (Fsp3) is 0.500. The van der Waals surface area contributed by atoms with Gasteiger partial charge in [-0.3, -0.25) is 4.90 Å². The number of hydrogen-bond acceptors (Lipinski definition) is 2. The van der Waals surface area contributed by atoms with Gasteiger partial charge in [-0.2, -0.15) is 0 Å². The molecular weight excluding hydrogens is 210 g/mol. The minimum Gasteiger partial charge on any atom is -0.392 e. The van der Waals surface area contributed by atoms with E-state index in [-0.39, 0.29) is 6.10 Å². The molecule has 1 fully saturated rings. The smallest absolute Gasteiger partial charge is 0.0679 e. The van der Waals surface area contributed by atoms with Crippen molar-refractivity contribution in [3.8, 4) is 0 Å². The second-order valence-corrected chi connectivity index (χ2v) is 4.68. The van der Waals surface area contributed by atoms with Crippen molar-refractivity contribution in [2.75, 3.05) is 13.1 Å². The third-order valence-corrected chi connectivity index (χ3v) is 3.20. The van der Waals surface area contributed by atoms with Crippen LogP contribution in [-0.2, 0) is 6.54 Å². The van der Waals surface area contributed by atoms with E-state index in [1.165, 1.54) is 5.56 Å². The highest BCUT2D eigenvalue weighted by atomic mass is 35.5. The zero-order chi connectivity index (χ0) is 10.8. The van der Waals surface area contributed by atoms with Crippen molar-refractivity contribution in [3.05, 3.63) is 34.3 Å². The van der Waals surface area contributed by atoms with E-state index >= 15 is 0 Å². The summed E-state index contributed by atoms with van der Waals surface area (Å²) in [6.45, 7) is 4.61. The monoisotopic (exact) mass is 225 g/mol. The Labute approximate surface area is 95.5 Å². The highest BCUT2D eigenvalue weighted by Gasteiger charge is 2.20. The highest BCUT2D eigenvalue weighted by Crippen LogP contribution is 2.21. The topological polar surface area (TPSA) is 23.5 Å². The number of hydrogen-bond donors (Lipinski definition) is 1. The van der Waals surface area contributed by atoms with E-state index < -0.39 is 0 Å². The summed E-state index contributed by atoms with van der Waals surface area (Å²) in [6, 6.07) is 6.14. The number of rotatable bonds is 2. The molecule has 0 radical (unpaired) electrons. The summed E-state index contributed by atoms with van der Waals surface area (Å²) in [7, 11) is 0. The molecule has 2 rings (SSSR count). The molecule has 1 aromatic rings. The Morgan fingerprint density at radius 1 is 1.53 bits per heavy atom. The number of likely N-dealkylation sites (tertiary alicyclic amines) is 1. The first kappa shape index (κ1) is 10.9. The first-order chi connectivity index (χ1) is 7.15. The lowest BCUT2D eigenvalue weighted by molar-refractivity contribution is 0.175. The fourth-order valence-corrected chi connectivity index (χ4v) is 2.27. The molecule has 82 valence electrons. The zero-order valence-electron chi connectivity index (χ0n) is 8.91. The third-order valence-electron chi connectivity index (χ3n) is 2.85. The highest BCUT2D eigenvalue weighted by molar-refractivity contribution is 6.31. The Kier molecular flexibility index (Phi) is 3.29. The maximum absolute atomic E-state index is 9.42. The number of benzene rings is 1. The Morgan fingerprint density at radius 2 is 2.33 bits per heavy atom. The summed E-state index contributed by atoms with van der Waals surface area (Å²) in [5.41, 5.74) is 2.33. The predicted octanol–water partition coefficient (Wildman–Crippen LogP) is 2.22. The molecule has 1 aromatic carbocycles. The van der Waals surface area contributed by atoms with Gasteiger partial charge in [-0.25, -0.2) is 0 Å². The van der Waals surface area contributed by atoms with Crippen LogP contribution < -0.4 is 0 Å². The average Bonchev–Trinajstić information content (AvgIpc) is 2.56. The van der Waals surface area contributed by atoms with Gasteiger partial charge in [0, 0.05) is 24.7 Å². The van der Waals surface area contributed by atoms with Gasteiger partial charge in [0.25, 0.3) is 0 Å². The van der Waals surface area contributed by atoms with Crippen molar-refractivity contribution < 1.29 is 5.11 Å². The summed E-state index contributed by atoms with van der Waals surface area (Å²) < 4.78 is 0. The normalized spacial score (nSPS) is 22.2. The van der Waals surface area contributed by atoms with Gasteiger partial charge in [0.1, 0.15) is 0 Å². The van der Waals surface area contributed by atoms with Crippen molar-refractivity contribution in [1.29, 1.82) is 0 Å². The van der Waals surface area contributed by atoms with Gasteiger partial charge in [-0.05, 0) is 30.5 Å². The van der Waals surface area contributed by atoms with Gasteiger partial charge in [-0.1, -0.05) is 23.7 Å². The Balaban J connectivity index is 2.04. The van der Waals surface area contributed by atoms with Crippen molar-refractivity contribution in [2.24, 2.45) is 0 Å². The molecular formula is C12H16ClNO. The summed E-state index contributed by atoms with van der Waals surface area (Å²) in [5.74, 6) is 0. The molecule has 0 saturated carbocycles. The average molecular weight is 226 g/mol. The molecule has 0 spiro atoms. The SMILES string of the molecule is Cc1ccc(CN2CC[C@@H](O)C2)c(Cl)c1. The maximum Gasteiger partial charge on any atom is 0.0679 e. The van der Waals surface area contributed by atoms with Crippen LogP contribution in [0.4, 0.5) is 0 Å². The Bertz CT molecular complexity index is 353. The van der Waals surface area contributed by atoms with Crippen molar-refractivity contribution in [3.63, 3.8) is 0 Å². The molecule has 15 heavy (non-hydrogen) atoms. The van der Waals surface area contributed by atoms with E-state index in [1.54, 1.807) is 0 Å². The van der Waals surface area contributed by atoms with Crippen LogP contribution in [0.1, 0.15) is 17.5 Å². The molecule has 2 nitrogen and oxygen atoms in total. The van der Waals surface area contributed by atoms with Crippen LogP contribution in [0.25, 0.3) is 0 Å². The maximum atomic E-state index is 9.42. The number of aliphatic hydroxyl groups excluding tert-OH is 1. The summed E-state index contributed by atoms with van der Waals surface area (Å²) in [4.78, 5) is 2.24. The third kappa shape index (κ3) is 2.71. The molecule has 0 amide bonds. The number of aryl methyl sites for hydroxylation is 1. The lowest BCUT2D eigenvalue weighted by Crippen LogP contribution is -2.21. The van der Waals surface area contributed by atoms with E-state index in [1.807, 2.05) is 13.0 Å². The van der Waals surface area contributed by atoms with Crippen LogP contribution in [0.2, 0.25) is 5.02 Å². The molecule has 1 N–H and O–H groups in total. The second kappa shape index (κ2) is 4.52. The van der Waals surface area contributed by atoms with Gasteiger partial charge >= 0.3 is 0 Å². The van der Waals surface area contributed by atoms with E-state index in [0.717, 1.165) is 36.6 Å². The van der Waals surface area contributed by atoms with Crippen molar-refractivity contribution in [1.82, 2.24) is 4.90 Å². The number of nitrogens with zero attached hydrogens (tertiary/aromatic N) is 1. The molecule has 0 unspecified atom stereocenters. The zero-order valence-corrected chi connectivity index (χ0v) is 9.67. The van der Waals surface area contributed by atoms with Gasteiger partial charge < -0.3 is 5.11 Å². The van der Waals surface area contributed by atoms with E-state index in [2.05, 4.69) is 17.0 Å². The van der Waals surface area contributed by atoms with Crippen molar-refractivity contribution >= 4 is 11.6 Å². The van der Waals surface area contributed by atoms with Crippen LogP contribution in [-0.4, -0.2) is 29.2 Å². The van der Waals surface area contributed by atoms with E-state index in [0.29, 0.717) is 0 Å². The predicted molar refractivity (Wildman–Crippen MR) is 62.1 cm³/mol. The van der Waals surface area contributed by atoms with E-state index in [4.69, 9.17) is 11.6 Å². The summed E-state index contributed by atoms with van der Waals surface area (Å²) >= 11 is 6.16. The molecule has 1 saturated heterocycles. The fourth-order valence-electron chi connectivity index (χ4n) is 1.98. The Hall–Kier alpha value is -0.570. The van der Waals surface area contributed by atoms with Crippen molar-refractivity contribution in [2.45, 2.75) is 26.0 Å². The second-order valence-electron chi connectivity index (χ2n) is 4.27. The molecule has 1 aliphatic rings. The number of halogens is 1. The summed E-state index contributed by atoms with van der Waals surface area (Å²) in [6.07, 6.45) is 0.720. The van der Waals surface area contributed by atoms with Gasteiger partial charge in [0.2, 0.25) is 0 Å². The van der Waals surface area contributed by atoms with Crippen LogP contribution in [0, 0.1) is 6.92 Å². The van der Waals surface area contributed by atoms with Crippen LogP contribution in [0.15, 0.2) is 18.2 Å². The van der Waals surface area contributed by atoms with Gasteiger partial charge in [-0.15, -0.1) is 0 Å². The molecule has 1 atom stereocenters. The van der Waals surface area contributed by atoms with Crippen LogP contribution >= 0.6 is 11.6 Å². The molecule has 1 aliphatic heterocycles.